The van der Waals surface area contributed by atoms with Gasteiger partial charge in [0, 0.05) is 0 Å². The Morgan fingerprint density at radius 1 is 1.50 bits per heavy atom. The van der Waals surface area contributed by atoms with Crippen molar-refractivity contribution in [2.45, 2.75) is 19.8 Å². The summed E-state index contributed by atoms with van der Waals surface area (Å²) < 4.78 is 24.4. The van der Waals surface area contributed by atoms with Gasteiger partial charge in [-0.3, -0.25) is 4.72 Å². The monoisotopic (exact) mass is 214 g/mol. The topological polar surface area (TPSA) is 72.0 Å². The average molecular weight is 214 g/mol. The summed E-state index contributed by atoms with van der Waals surface area (Å²) in [6.07, 6.45) is 4.93. The lowest BCUT2D eigenvalue weighted by Gasteiger charge is -2.10. The van der Waals surface area contributed by atoms with E-state index in [9.17, 15) is 8.42 Å². The normalized spacial score (nSPS) is 11.7. The lowest BCUT2D eigenvalue weighted by Crippen LogP contribution is -2.13. The van der Waals surface area contributed by atoms with Gasteiger partial charge in [-0.15, -0.1) is 0 Å². The van der Waals surface area contributed by atoms with E-state index in [2.05, 4.69) is 21.0 Å². The molecule has 1 aromatic rings. The van der Waals surface area contributed by atoms with Gasteiger partial charge in [0.2, 0.25) is 10.0 Å². The molecule has 1 rings (SSSR count). The van der Waals surface area contributed by atoms with E-state index >= 15 is 0 Å². The Balaban J connectivity index is 3.08. The molecule has 0 spiro atoms. The van der Waals surface area contributed by atoms with Crippen molar-refractivity contribution in [1.29, 1.82) is 0 Å². The van der Waals surface area contributed by atoms with Crippen LogP contribution in [0.5, 0.6) is 0 Å². The molecule has 0 unspecified atom stereocenters. The molecule has 0 aromatic carbocycles. The highest BCUT2D eigenvalue weighted by molar-refractivity contribution is 7.92. The van der Waals surface area contributed by atoms with Gasteiger partial charge in [-0.1, -0.05) is 13.8 Å². The highest BCUT2D eigenvalue weighted by Crippen LogP contribution is 2.20. The van der Waals surface area contributed by atoms with Crippen LogP contribution in [0.2, 0.25) is 0 Å². The molecule has 1 radical (unpaired) electrons. The molecule has 5 nitrogen and oxygen atoms in total. The number of sulfonamides is 1. The van der Waals surface area contributed by atoms with Crippen molar-refractivity contribution >= 4 is 15.7 Å². The van der Waals surface area contributed by atoms with Crippen molar-refractivity contribution in [3.8, 4) is 0 Å². The molecule has 0 saturated heterocycles. The fraction of sp³-hybridized carbons (Fsp3) is 0.500. The summed E-state index contributed by atoms with van der Waals surface area (Å²) in [6.45, 7) is 3.84. The van der Waals surface area contributed by atoms with E-state index in [1.165, 1.54) is 6.20 Å². The van der Waals surface area contributed by atoms with E-state index in [4.69, 9.17) is 0 Å². The van der Waals surface area contributed by atoms with Crippen LogP contribution in [0.4, 0.5) is 5.69 Å². The summed E-state index contributed by atoms with van der Waals surface area (Å²) in [5.74, 6) is 0.124. The van der Waals surface area contributed by atoms with Crippen LogP contribution in [0.3, 0.4) is 0 Å². The molecule has 1 aromatic heterocycles. The quantitative estimate of drug-likeness (QED) is 0.806. The van der Waals surface area contributed by atoms with Crippen molar-refractivity contribution in [3.05, 3.63) is 18.2 Å². The zero-order valence-electron chi connectivity index (χ0n) is 8.27. The Bertz CT molecular complexity index is 414. The molecule has 0 atom stereocenters. The average Bonchev–Trinajstić information content (AvgIpc) is 2.01. The van der Waals surface area contributed by atoms with E-state index in [1.54, 1.807) is 0 Å². The fourth-order valence-corrected chi connectivity index (χ4v) is 1.58. The minimum atomic E-state index is -3.28. The first-order valence-electron chi connectivity index (χ1n) is 4.11. The third kappa shape index (κ3) is 2.95. The van der Waals surface area contributed by atoms with Gasteiger partial charge in [0.15, 0.2) is 6.33 Å². The van der Waals surface area contributed by atoms with E-state index in [0.717, 1.165) is 6.26 Å². The molecule has 0 amide bonds. The summed E-state index contributed by atoms with van der Waals surface area (Å²) in [6, 6.07) is 0. The number of aromatic nitrogens is 2. The van der Waals surface area contributed by atoms with Crippen molar-refractivity contribution in [2.24, 2.45) is 0 Å². The summed E-state index contributed by atoms with van der Waals surface area (Å²) >= 11 is 0. The van der Waals surface area contributed by atoms with Crippen molar-refractivity contribution in [1.82, 2.24) is 9.97 Å². The maximum Gasteiger partial charge on any atom is 0.229 e. The van der Waals surface area contributed by atoms with Crippen molar-refractivity contribution in [2.75, 3.05) is 11.0 Å². The van der Waals surface area contributed by atoms with E-state index in [1.807, 2.05) is 13.8 Å². The molecule has 0 fully saturated rings. The number of hydrogen-bond donors (Lipinski definition) is 1. The first-order valence-corrected chi connectivity index (χ1v) is 6.00. The van der Waals surface area contributed by atoms with Crippen molar-refractivity contribution in [3.63, 3.8) is 0 Å². The molecule has 0 aliphatic rings. The highest BCUT2D eigenvalue weighted by atomic mass is 32.2. The van der Waals surface area contributed by atoms with Gasteiger partial charge in [-0.25, -0.2) is 18.4 Å². The summed E-state index contributed by atoms with van der Waals surface area (Å²) in [4.78, 5) is 7.55. The Hall–Kier alpha value is -1.17. The smallest absolute Gasteiger partial charge is 0.229 e. The van der Waals surface area contributed by atoms with Crippen LogP contribution in [0, 0.1) is 6.33 Å². The van der Waals surface area contributed by atoms with Gasteiger partial charge in [0.25, 0.3) is 0 Å². The maximum absolute atomic E-state index is 11.0. The van der Waals surface area contributed by atoms with Crippen LogP contribution in [0.15, 0.2) is 6.20 Å². The molecule has 6 heteroatoms. The van der Waals surface area contributed by atoms with E-state index < -0.39 is 10.0 Å². The molecule has 0 saturated carbocycles. The molecule has 0 aliphatic carbocycles. The predicted molar refractivity (Wildman–Crippen MR) is 53.4 cm³/mol. The number of anilines is 1. The highest BCUT2D eigenvalue weighted by Gasteiger charge is 2.11. The maximum atomic E-state index is 11.0. The van der Waals surface area contributed by atoms with Gasteiger partial charge in [-0.05, 0) is 5.92 Å². The van der Waals surface area contributed by atoms with Gasteiger partial charge in [0.05, 0.1) is 23.8 Å². The Morgan fingerprint density at radius 2 is 2.14 bits per heavy atom. The summed E-state index contributed by atoms with van der Waals surface area (Å²) in [5.41, 5.74) is 1.06. The molecule has 1 N–H and O–H groups in total. The van der Waals surface area contributed by atoms with Crippen LogP contribution in [0.25, 0.3) is 0 Å². The van der Waals surface area contributed by atoms with Crippen LogP contribution < -0.4 is 4.72 Å². The summed E-state index contributed by atoms with van der Waals surface area (Å²) in [5, 5.41) is 0. The van der Waals surface area contributed by atoms with Gasteiger partial charge in [0.1, 0.15) is 0 Å². The minimum Gasteiger partial charge on any atom is -0.280 e. The number of rotatable bonds is 3. The molecule has 0 bridgehead atoms. The SMILES string of the molecule is CC(C)c1n[c]ncc1NS(C)(=O)=O. The molecular formula is C8H12N3O2S. The first kappa shape index (κ1) is 10.9. The van der Waals surface area contributed by atoms with E-state index in [0.29, 0.717) is 11.4 Å². The summed E-state index contributed by atoms with van der Waals surface area (Å²) in [7, 11) is -3.28. The lowest BCUT2D eigenvalue weighted by atomic mass is 10.1. The van der Waals surface area contributed by atoms with Gasteiger partial charge >= 0.3 is 0 Å². The number of nitrogens with one attached hydrogen (secondary N) is 1. The fourth-order valence-electron chi connectivity index (χ4n) is 1.02. The van der Waals surface area contributed by atoms with E-state index in [-0.39, 0.29) is 5.92 Å². The molecular weight excluding hydrogens is 202 g/mol. The second-order valence-corrected chi connectivity index (χ2v) is 5.05. The Kier molecular flexibility index (Phi) is 3.05. The Morgan fingerprint density at radius 3 is 2.64 bits per heavy atom. The van der Waals surface area contributed by atoms with Crippen LogP contribution in [0.1, 0.15) is 25.5 Å². The van der Waals surface area contributed by atoms with Crippen LogP contribution in [-0.2, 0) is 10.0 Å². The van der Waals surface area contributed by atoms with Crippen LogP contribution >= 0.6 is 0 Å². The molecule has 77 valence electrons. The molecule has 14 heavy (non-hydrogen) atoms. The predicted octanol–water partition coefficient (Wildman–Crippen LogP) is 0.772. The molecule has 1 heterocycles. The van der Waals surface area contributed by atoms with Gasteiger partial charge in [-0.2, -0.15) is 0 Å². The third-order valence-electron chi connectivity index (χ3n) is 1.54. The number of nitrogens with zero attached hydrogens (tertiary/aromatic N) is 2. The zero-order valence-corrected chi connectivity index (χ0v) is 9.09. The third-order valence-corrected chi connectivity index (χ3v) is 2.13. The minimum absolute atomic E-state index is 0.124. The molecule has 0 aliphatic heterocycles. The zero-order chi connectivity index (χ0) is 10.8. The standard InChI is InChI=1S/C8H12N3O2S/c1-6(2)8-7(4-9-5-10-8)11-14(3,12)13/h4,6,11H,1-3H3. The number of hydrogen-bond acceptors (Lipinski definition) is 4. The van der Waals surface area contributed by atoms with Crippen LogP contribution in [-0.4, -0.2) is 24.6 Å². The van der Waals surface area contributed by atoms with Crippen molar-refractivity contribution < 1.29 is 8.42 Å². The largest absolute Gasteiger partial charge is 0.280 e. The Labute approximate surface area is 83.6 Å². The van der Waals surface area contributed by atoms with Gasteiger partial charge < -0.3 is 0 Å². The second kappa shape index (κ2) is 3.91. The first-order chi connectivity index (χ1) is 6.40. The lowest BCUT2D eigenvalue weighted by molar-refractivity contribution is 0.606. The second-order valence-electron chi connectivity index (χ2n) is 3.30.